The lowest BCUT2D eigenvalue weighted by Crippen LogP contribution is -2.23. The van der Waals surface area contributed by atoms with E-state index in [1.165, 1.54) is 11.8 Å². The van der Waals surface area contributed by atoms with Crippen LogP contribution in [-0.2, 0) is 11.3 Å². The van der Waals surface area contributed by atoms with E-state index in [1.807, 2.05) is 16.7 Å². The zero-order valence-electron chi connectivity index (χ0n) is 15.8. The Morgan fingerprint density at radius 2 is 1.90 bits per heavy atom. The fraction of sp³-hybridized carbons (Fsp3) is 0.150. The highest BCUT2D eigenvalue weighted by Gasteiger charge is 2.20. The van der Waals surface area contributed by atoms with Gasteiger partial charge in [0.2, 0.25) is 11.8 Å². The number of pyridine rings is 1. The standard InChI is InChI=1S/C20H20N6O2S/c1-3-12-26-18(15-8-10-22-11-9-15)24-25-20(26)29-13(2)19(28)23-16-6-4-14(5-7-16)17(21)27/h3-11,13H,1,12H2,2H3,(H2,21,27)(H,23,28)/t13-/m0/s1. The maximum atomic E-state index is 12.6. The van der Waals surface area contributed by atoms with E-state index in [0.29, 0.717) is 28.8 Å². The first-order chi connectivity index (χ1) is 14.0. The largest absolute Gasteiger partial charge is 0.366 e. The molecule has 29 heavy (non-hydrogen) atoms. The zero-order chi connectivity index (χ0) is 20.8. The molecule has 8 nitrogen and oxygen atoms in total. The third-order valence-corrected chi connectivity index (χ3v) is 5.14. The van der Waals surface area contributed by atoms with Crippen LogP contribution in [0.2, 0.25) is 0 Å². The van der Waals surface area contributed by atoms with Crippen LogP contribution in [0.25, 0.3) is 11.4 Å². The molecule has 0 saturated carbocycles. The van der Waals surface area contributed by atoms with Gasteiger partial charge in [-0.05, 0) is 43.3 Å². The summed E-state index contributed by atoms with van der Waals surface area (Å²) < 4.78 is 1.90. The molecule has 148 valence electrons. The third kappa shape index (κ3) is 4.88. The number of allylic oxidation sites excluding steroid dienone is 1. The van der Waals surface area contributed by atoms with E-state index >= 15 is 0 Å². The maximum absolute atomic E-state index is 12.6. The quantitative estimate of drug-likeness (QED) is 0.437. The summed E-state index contributed by atoms with van der Waals surface area (Å²) in [5.74, 6) is -0.0248. The average Bonchev–Trinajstić information content (AvgIpc) is 3.11. The van der Waals surface area contributed by atoms with Gasteiger partial charge in [-0.15, -0.1) is 16.8 Å². The van der Waals surface area contributed by atoms with Gasteiger partial charge in [0, 0.05) is 35.8 Å². The molecule has 2 heterocycles. The minimum atomic E-state index is -0.515. The normalized spacial score (nSPS) is 11.6. The Kier molecular flexibility index (Phi) is 6.40. The number of nitrogens with one attached hydrogen (secondary N) is 1. The van der Waals surface area contributed by atoms with Crippen molar-refractivity contribution in [3.05, 3.63) is 67.0 Å². The third-order valence-electron chi connectivity index (χ3n) is 4.06. The van der Waals surface area contributed by atoms with E-state index in [4.69, 9.17) is 5.73 Å². The SMILES string of the molecule is C=CCn1c(S[C@@H](C)C(=O)Nc2ccc(C(N)=O)cc2)nnc1-c1ccncc1. The number of carbonyl (C=O) groups is 2. The van der Waals surface area contributed by atoms with Crippen LogP contribution in [0.3, 0.4) is 0 Å². The molecule has 2 aromatic heterocycles. The number of amides is 2. The van der Waals surface area contributed by atoms with Crippen LogP contribution in [0.1, 0.15) is 17.3 Å². The first-order valence-electron chi connectivity index (χ1n) is 8.81. The van der Waals surface area contributed by atoms with Crippen molar-refractivity contribution < 1.29 is 9.59 Å². The molecule has 3 N–H and O–H groups in total. The van der Waals surface area contributed by atoms with Gasteiger partial charge >= 0.3 is 0 Å². The summed E-state index contributed by atoms with van der Waals surface area (Å²) in [6.07, 6.45) is 5.13. The van der Waals surface area contributed by atoms with Crippen LogP contribution in [0.4, 0.5) is 5.69 Å². The number of thioether (sulfide) groups is 1. The molecule has 1 aromatic carbocycles. The Labute approximate surface area is 172 Å². The summed E-state index contributed by atoms with van der Waals surface area (Å²) in [5, 5.41) is 11.5. The molecule has 3 rings (SSSR count). The Hall–Kier alpha value is -3.46. The van der Waals surface area contributed by atoms with Crippen molar-refractivity contribution in [2.45, 2.75) is 23.9 Å². The number of anilines is 1. The molecule has 0 aliphatic rings. The first kappa shape index (κ1) is 20.3. The molecule has 0 aliphatic carbocycles. The predicted octanol–water partition coefficient (Wildman–Crippen LogP) is 2.74. The summed E-state index contributed by atoms with van der Waals surface area (Å²) in [7, 11) is 0. The number of nitrogens with zero attached hydrogens (tertiary/aromatic N) is 4. The van der Waals surface area contributed by atoms with Crippen LogP contribution in [0, 0.1) is 0 Å². The number of aromatic nitrogens is 4. The Balaban J connectivity index is 1.73. The molecule has 3 aromatic rings. The highest BCUT2D eigenvalue weighted by molar-refractivity contribution is 8.00. The van der Waals surface area contributed by atoms with Crippen molar-refractivity contribution in [1.29, 1.82) is 0 Å². The van der Waals surface area contributed by atoms with Gasteiger partial charge in [0.05, 0.1) is 5.25 Å². The molecule has 0 aliphatic heterocycles. The predicted molar refractivity (Wildman–Crippen MR) is 112 cm³/mol. The highest BCUT2D eigenvalue weighted by atomic mass is 32.2. The molecule has 0 fully saturated rings. The summed E-state index contributed by atoms with van der Waals surface area (Å²) in [4.78, 5) is 27.7. The van der Waals surface area contributed by atoms with Crippen molar-refractivity contribution in [2.24, 2.45) is 5.73 Å². The van der Waals surface area contributed by atoms with E-state index in [9.17, 15) is 9.59 Å². The fourth-order valence-corrected chi connectivity index (χ4v) is 3.42. The van der Waals surface area contributed by atoms with Gasteiger partial charge in [0.15, 0.2) is 11.0 Å². The highest BCUT2D eigenvalue weighted by Crippen LogP contribution is 2.27. The molecule has 0 saturated heterocycles. The van der Waals surface area contributed by atoms with Crippen molar-refractivity contribution in [2.75, 3.05) is 5.32 Å². The zero-order valence-corrected chi connectivity index (χ0v) is 16.6. The Morgan fingerprint density at radius 1 is 1.21 bits per heavy atom. The molecule has 0 radical (unpaired) electrons. The lowest BCUT2D eigenvalue weighted by Gasteiger charge is -2.13. The molecular weight excluding hydrogens is 388 g/mol. The number of carbonyl (C=O) groups excluding carboxylic acids is 2. The summed E-state index contributed by atoms with van der Waals surface area (Å²) in [5.41, 5.74) is 7.07. The average molecular weight is 408 g/mol. The van der Waals surface area contributed by atoms with E-state index < -0.39 is 11.2 Å². The number of nitrogens with two attached hydrogens (primary N) is 1. The van der Waals surface area contributed by atoms with Gasteiger partial charge < -0.3 is 11.1 Å². The molecule has 0 unspecified atom stereocenters. The molecule has 0 spiro atoms. The van der Waals surface area contributed by atoms with Gasteiger partial charge in [-0.1, -0.05) is 17.8 Å². The maximum Gasteiger partial charge on any atom is 0.248 e. The Morgan fingerprint density at radius 3 is 2.52 bits per heavy atom. The number of hydrogen-bond acceptors (Lipinski definition) is 6. The molecule has 0 bridgehead atoms. The topological polar surface area (TPSA) is 116 Å². The van der Waals surface area contributed by atoms with Crippen LogP contribution in [0.15, 0.2) is 66.6 Å². The van der Waals surface area contributed by atoms with Gasteiger partial charge in [-0.25, -0.2) is 0 Å². The van der Waals surface area contributed by atoms with Crippen LogP contribution < -0.4 is 11.1 Å². The second-order valence-corrected chi connectivity index (χ2v) is 7.44. The van der Waals surface area contributed by atoms with Crippen molar-refractivity contribution in [3.63, 3.8) is 0 Å². The molecule has 1 atom stereocenters. The van der Waals surface area contributed by atoms with E-state index in [-0.39, 0.29) is 5.91 Å². The fourth-order valence-electron chi connectivity index (χ4n) is 2.56. The summed E-state index contributed by atoms with van der Waals surface area (Å²) in [6, 6.07) is 10.1. The number of hydrogen-bond donors (Lipinski definition) is 2. The van der Waals surface area contributed by atoms with Crippen LogP contribution in [-0.4, -0.2) is 36.8 Å². The summed E-state index contributed by atoms with van der Waals surface area (Å²) in [6.45, 7) is 6.09. The summed E-state index contributed by atoms with van der Waals surface area (Å²) >= 11 is 1.30. The number of benzene rings is 1. The molecule has 2 amide bonds. The minimum absolute atomic E-state index is 0.194. The number of rotatable bonds is 8. The second kappa shape index (κ2) is 9.16. The van der Waals surface area contributed by atoms with Gasteiger partial charge in [0.25, 0.3) is 0 Å². The van der Waals surface area contributed by atoms with Gasteiger partial charge in [0.1, 0.15) is 0 Å². The van der Waals surface area contributed by atoms with Crippen molar-refractivity contribution in [1.82, 2.24) is 19.7 Å². The number of primary amides is 1. The van der Waals surface area contributed by atoms with E-state index in [0.717, 1.165) is 5.56 Å². The second-order valence-electron chi connectivity index (χ2n) is 6.13. The lowest BCUT2D eigenvalue weighted by molar-refractivity contribution is -0.115. The smallest absolute Gasteiger partial charge is 0.248 e. The Bertz CT molecular complexity index is 1020. The van der Waals surface area contributed by atoms with E-state index in [2.05, 4.69) is 27.1 Å². The monoisotopic (exact) mass is 408 g/mol. The van der Waals surface area contributed by atoms with Gasteiger partial charge in [-0.3, -0.25) is 19.1 Å². The van der Waals surface area contributed by atoms with Crippen LogP contribution in [0.5, 0.6) is 0 Å². The minimum Gasteiger partial charge on any atom is -0.366 e. The first-order valence-corrected chi connectivity index (χ1v) is 9.69. The molecule has 9 heteroatoms. The van der Waals surface area contributed by atoms with Crippen molar-refractivity contribution in [3.8, 4) is 11.4 Å². The van der Waals surface area contributed by atoms with E-state index in [1.54, 1.807) is 49.7 Å². The lowest BCUT2D eigenvalue weighted by atomic mass is 10.2. The van der Waals surface area contributed by atoms with Crippen LogP contribution >= 0.6 is 11.8 Å². The van der Waals surface area contributed by atoms with Gasteiger partial charge in [-0.2, -0.15) is 0 Å². The molecular formula is C20H20N6O2S. The van der Waals surface area contributed by atoms with Crippen molar-refractivity contribution >= 4 is 29.3 Å².